The average Bonchev–Trinajstić information content (AvgIpc) is 3.01. The third kappa shape index (κ3) is 5.01. The molecular weight excluding hydrogens is 427 g/mol. The number of anilines is 1. The quantitative estimate of drug-likeness (QED) is 0.666. The van der Waals surface area contributed by atoms with Gasteiger partial charge in [0, 0.05) is 5.69 Å². The Balaban J connectivity index is 1.85. The maximum absolute atomic E-state index is 15.9. The second kappa shape index (κ2) is 8.28. The molecule has 1 fully saturated rings. The molecule has 0 radical (unpaired) electrons. The SMILES string of the molecule is CC(C)S(=O)(=O)N[C@H]1CCC[C@]1(F)c1ccc(-c2cccc(NS(C)(=O)=O)c2)cc1. The molecule has 2 aromatic carbocycles. The molecule has 0 bridgehead atoms. The van der Waals surface area contributed by atoms with Gasteiger partial charge in [0.25, 0.3) is 0 Å². The number of hydrogen-bond donors (Lipinski definition) is 2. The third-order valence-corrected chi connectivity index (χ3v) is 7.84. The standard InChI is InChI=1S/C21H27FN2O4S2/c1-15(2)30(27,28)24-20-8-5-13-21(20,22)18-11-9-16(10-12-18)17-6-4-7-19(14-17)23-29(3,25)26/h4,6-7,9-12,14-15,20,23-24H,5,8,13H2,1-3H3/t20-,21-/m0/s1. The third-order valence-electron chi connectivity index (χ3n) is 5.38. The van der Waals surface area contributed by atoms with Gasteiger partial charge in [-0.25, -0.2) is 25.9 Å². The Labute approximate surface area is 178 Å². The van der Waals surface area contributed by atoms with Gasteiger partial charge in [0.1, 0.15) is 0 Å². The Hall–Kier alpha value is -1.97. The fourth-order valence-electron chi connectivity index (χ4n) is 3.71. The summed E-state index contributed by atoms with van der Waals surface area (Å²) in [4.78, 5) is 0. The van der Waals surface area contributed by atoms with Crippen LogP contribution in [0.3, 0.4) is 0 Å². The minimum Gasteiger partial charge on any atom is -0.284 e. The van der Waals surface area contributed by atoms with Crippen LogP contribution in [-0.2, 0) is 25.7 Å². The van der Waals surface area contributed by atoms with E-state index in [2.05, 4.69) is 9.44 Å². The van der Waals surface area contributed by atoms with Crippen LogP contribution in [0.2, 0.25) is 0 Å². The highest BCUT2D eigenvalue weighted by atomic mass is 32.2. The van der Waals surface area contributed by atoms with E-state index in [0.29, 0.717) is 24.1 Å². The number of alkyl halides is 1. The van der Waals surface area contributed by atoms with E-state index in [1.807, 2.05) is 6.07 Å². The highest BCUT2D eigenvalue weighted by Gasteiger charge is 2.46. The van der Waals surface area contributed by atoms with Crippen LogP contribution in [0.4, 0.5) is 10.1 Å². The fourth-order valence-corrected chi connectivity index (χ4v) is 5.24. The zero-order valence-electron chi connectivity index (χ0n) is 17.2. The van der Waals surface area contributed by atoms with Crippen molar-refractivity contribution in [2.24, 2.45) is 0 Å². The minimum absolute atomic E-state index is 0.255. The van der Waals surface area contributed by atoms with Gasteiger partial charge in [0.2, 0.25) is 20.0 Å². The van der Waals surface area contributed by atoms with Crippen LogP contribution in [0.1, 0.15) is 38.7 Å². The summed E-state index contributed by atoms with van der Waals surface area (Å²) < 4.78 is 68.3. The molecule has 0 aromatic heterocycles. The first-order valence-electron chi connectivity index (χ1n) is 9.79. The van der Waals surface area contributed by atoms with Gasteiger partial charge >= 0.3 is 0 Å². The molecular formula is C21H27FN2O4S2. The van der Waals surface area contributed by atoms with Crippen LogP contribution in [0.25, 0.3) is 11.1 Å². The number of sulfonamides is 2. The van der Waals surface area contributed by atoms with Gasteiger partial charge in [-0.05, 0) is 61.9 Å². The molecule has 0 spiro atoms. The van der Waals surface area contributed by atoms with Crippen LogP contribution < -0.4 is 9.44 Å². The number of hydrogen-bond acceptors (Lipinski definition) is 4. The number of halogens is 1. The Kier molecular flexibility index (Phi) is 6.27. The van der Waals surface area contributed by atoms with Gasteiger partial charge in [0.15, 0.2) is 5.67 Å². The molecule has 9 heteroatoms. The molecule has 1 aliphatic rings. The van der Waals surface area contributed by atoms with Crippen molar-refractivity contribution >= 4 is 25.7 Å². The molecule has 0 aliphatic heterocycles. The number of nitrogens with one attached hydrogen (secondary N) is 2. The molecule has 0 unspecified atom stereocenters. The second-order valence-corrected chi connectivity index (χ2v) is 12.1. The Morgan fingerprint density at radius 3 is 2.30 bits per heavy atom. The van der Waals surface area contributed by atoms with Gasteiger partial charge in [-0.1, -0.05) is 36.4 Å². The van der Waals surface area contributed by atoms with Crippen molar-refractivity contribution < 1.29 is 21.2 Å². The molecule has 1 saturated carbocycles. The van der Waals surface area contributed by atoms with E-state index < -0.39 is 37.0 Å². The molecule has 2 aromatic rings. The molecule has 2 atom stereocenters. The van der Waals surface area contributed by atoms with E-state index in [4.69, 9.17) is 0 Å². The lowest BCUT2D eigenvalue weighted by Gasteiger charge is -2.29. The first kappa shape index (κ1) is 22.7. The summed E-state index contributed by atoms with van der Waals surface area (Å²) in [5.74, 6) is 0. The lowest BCUT2D eigenvalue weighted by molar-refractivity contribution is 0.142. The summed E-state index contributed by atoms with van der Waals surface area (Å²) >= 11 is 0. The van der Waals surface area contributed by atoms with E-state index in [1.165, 1.54) is 0 Å². The second-order valence-electron chi connectivity index (χ2n) is 8.05. The van der Waals surface area contributed by atoms with Crippen LogP contribution in [-0.4, -0.2) is 34.4 Å². The summed E-state index contributed by atoms with van der Waals surface area (Å²) in [6, 6.07) is 13.0. The van der Waals surface area contributed by atoms with Crippen LogP contribution >= 0.6 is 0 Å². The van der Waals surface area contributed by atoms with E-state index in [0.717, 1.165) is 17.4 Å². The summed E-state index contributed by atoms with van der Waals surface area (Å²) in [7, 11) is -6.96. The molecule has 1 aliphatic carbocycles. The maximum atomic E-state index is 15.9. The molecule has 30 heavy (non-hydrogen) atoms. The van der Waals surface area contributed by atoms with Gasteiger partial charge in [-0.15, -0.1) is 0 Å². The van der Waals surface area contributed by atoms with Crippen LogP contribution in [0, 0.1) is 0 Å². The smallest absolute Gasteiger partial charge is 0.229 e. The summed E-state index contributed by atoms with van der Waals surface area (Å²) in [5.41, 5.74) is 0.703. The number of rotatable bonds is 7. The Morgan fingerprint density at radius 1 is 1.03 bits per heavy atom. The molecule has 3 rings (SSSR count). The molecule has 164 valence electrons. The highest BCUT2D eigenvalue weighted by molar-refractivity contribution is 7.92. The van der Waals surface area contributed by atoms with E-state index in [1.54, 1.807) is 56.3 Å². The molecule has 0 amide bonds. The highest BCUT2D eigenvalue weighted by Crippen LogP contribution is 2.43. The van der Waals surface area contributed by atoms with Crippen molar-refractivity contribution in [3.05, 3.63) is 54.1 Å². The molecule has 0 heterocycles. The maximum Gasteiger partial charge on any atom is 0.229 e. The molecule has 0 saturated heterocycles. The van der Waals surface area contributed by atoms with Crippen molar-refractivity contribution in [1.29, 1.82) is 0 Å². The zero-order valence-corrected chi connectivity index (χ0v) is 18.9. The van der Waals surface area contributed by atoms with Crippen molar-refractivity contribution in [2.75, 3.05) is 11.0 Å². The lowest BCUT2D eigenvalue weighted by Crippen LogP contribution is -2.46. The monoisotopic (exact) mass is 454 g/mol. The average molecular weight is 455 g/mol. The number of benzene rings is 2. The summed E-state index contributed by atoms with van der Waals surface area (Å²) in [6.45, 7) is 3.14. The normalized spacial score (nSPS) is 22.4. The van der Waals surface area contributed by atoms with E-state index in [-0.39, 0.29) is 6.42 Å². The van der Waals surface area contributed by atoms with Crippen molar-refractivity contribution in [3.8, 4) is 11.1 Å². The van der Waals surface area contributed by atoms with Gasteiger partial charge < -0.3 is 0 Å². The molecule has 6 nitrogen and oxygen atoms in total. The zero-order chi connectivity index (χ0) is 22.2. The van der Waals surface area contributed by atoms with E-state index >= 15 is 4.39 Å². The molecule has 2 N–H and O–H groups in total. The van der Waals surface area contributed by atoms with Crippen LogP contribution in [0.5, 0.6) is 0 Å². The summed E-state index contributed by atoms with van der Waals surface area (Å²) in [6.07, 6.45) is 2.39. The lowest BCUT2D eigenvalue weighted by atomic mass is 9.89. The Bertz CT molecular complexity index is 1120. The minimum atomic E-state index is -3.58. The van der Waals surface area contributed by atoms with Crippen LogP contribution in [0.15, 0.2) is 48.5 Å². The van der Waals surface area contributed by atoms with Crippen molar-refractivity contribution in [1.82, 2.24) is 4.72 Å². The van der Waals surface area contributed by atoms with Gasteiger partial charge in [-0.3, -0.25) is 4.72 Å². The van der Waals surface area contributed by atoms with E-state index in [9.17, 15) is 16.8 Å². The topological polar surface area (TPSA) is 92.3 Å². The predicted octanol–water partition coefficient (Wildman–Crippen LogP) is 3.77. The fraction of sp³-hybridized carbons (Fsp3) is 0.429. The summed E-state index contributed by atoms with van der Waals surface area (Å²) in [5, 5.41) is -0.627. The Morgan fingerprint density at radius 2 is 1.70 bits per heavy atom. The van der Waals surface area contributed by atoms with Crippen molar-refractivity contribution in [3.63, 3.8) is 0 Å². The van der Waals surface area contributed by atoms with Gasteiger partial charge in [0.05, 0.1) is 17.5 Å². The van der Waals surface area contributed by atoms with Crippen molar-refractivity contribution in [2.45, 2.75) is 50.1 Å². The van der Waals surface area contributed by atoms with Gasteiger partial charge in [-0.2, -0.15) is 0 Å². The first-order valence-corrected chi connectivity index (χ1v) is 13.2. The first-order chi connectivity index (χ1) is 13.9. The predicted molar refractivity (Wildman–Crippen MR) is 118 cm³/mol. The largest absolute Gasteiger partial charge is 0.284 e.